The normalized spacial score (nSPS) is 10.9. The predicted octanol–water partition coefficient (Wildman–Crippen LogP) is 4.83. The average Bonchev–Trinajstić information content (AvgIpc) is 3.17. The van der Waals surface area contributed by atoms with Gasteiger partial charge in [-0.25, -0.2) is 0 Å². The van der Waals surface area contributed by atoms with E-state index in [9.17, 15) is 4.79 Å². The van der Waals surface area contributed by atoms with Gasteiger partial charge < -0.3 is 4.57 Å². The summed E-state index contributed by atoms with van der Waals surface area (Å²) in [6.07, 6.45) is 0. The lowest BCUT2D eigenvalue weighted by molar-refractivity contribution is 0.102. The summed E-state index contributed by atoms with van der Waals surface area (Å²) in [6, 6.07) is 8.84. The van der Waals surface area contributed by atoms with Crippen molar-refractivity contribution in [1.82, 2.24) is 14.8 Å². The number of aromatic nitrogens is 3. The van der Waals surface area contributed by atoms with Crippen LogP contribution in [0.25, 0.3) is 10.7 Å². The Bertz CT molecular complexity index is 847. The Labute approximate surface area is 151 Å². The van der Waals surface area contributed by atoms with Gasteiger partial charge in [0.25, 0.3) is 0 Å². The second kappa shape index (κ2) is 7.05. The molecule has 0 amide bonds. The van der Waals surface area contributed by atoms with Crippen LogP contribution in [0.5, 0.6) is 0 Å². The van der Waals surface area contributed by atoms with Crippen LogP contribution < -0.4 is 0 Å². The first-order chi connectivity index (χ1) is 11.1. The molecule has 3 rings (SSSR count). The van der Waals surface area contributed by atoms with Gasteiger partial charge in [-0.2, -0.15) is 0 Å². The topological polar surface area (TPSA) is 47.8 Å². The summed E-state index contributed by atoms with van der Waals surface area (Å²) in [4.78, 5) is 13.3. The maximum absolute atomic E-state index is 12.3. The molecule has 0 aliphatic carbocycles. The van der Waals surface area contributed by atoms with Crippen molar-refractivity contribution in [2.24, 2.45) is 7.05 Å². The summed E-state index contributed by atoms with van der Waals surface area (Å²) in [5, 5.41) is 11.8. The van der Waals surface area contributed by atoms with Gasteiger partial charge in [0.1, 0.15) is 0 Å². The molecule has 0 aliphatic heterocycles. The summed E-state index contributed by atoms with van der Waals surface area (Å²) < 4.78 is 1.89. The molecule has 0 aliphatic rings. The Balaban J connectivity index is 1.71. The van der Waals surface area contributed by atoms with E-state index >= 15 is 0 Å². The van der Waals surface area contributed by atoms with Gasteiger partial charge in [0.2, 0.25) is 0 Å². The van der Waals surface area contributed by atoms with E-state index in [4.69, 9.17) is 23.2 Å². The van der Waals surface area contributed by atoms with Gasteiger partial charge in [-0.1, -0.05) is 41.0 Å². The molecule has 0 unspecified atom stereocenters. The van der Waals surface area contributed by atoms with E-state index < -0.39 is 0 Å². The van der Waals surface area contributed by atoms with Crippen molar-refractivity contribution in [2.75, 3.05) is 5.75 Å². The third-order valence-electron chi connectivity index (χ3n) is 3.15. The van der Waals surface area contributed by atoms with Crippen molar-refractivity contribution in [2.45, 2.75) is 5.16 Å². The third kappa shape index (κ3) is 3.61. The van der Waals surface area contributed by atoms with Crippen molar-refractivity contribution in [3.63, 3.8) is 0 Å². The molecule has 0 saturated heterocycles. The van der Waals surface area contributed by atoms with Gasteiger partial charge in [-0.05, 0) is 29.6 Å². The highest BCUT2D eigenvalue weighted by Crippen LogP contribution is 2.27. The summed E-state index contributed by atoms with van der Waals surface area (Å²) in [5.41, 5.74) is 0.535. The average molecular weight is 384 g/mol. The van der Waals surface area contributed by atoms with Crippen LogP contribution in [0.15, 0.2) is 40.9 Å². The van der Waals surface area contributed by atoms with E-state index in [0.717, 1.165) is 10.7 Å². The molecule has 0 atom stereocenters. The highest BCUT2D eigenvalue weighted by Gasteiger charge is 2.14. The lowest BCUT2D eigenvalue weighted by Crippen LogP contribution is -2.04. The maximum atomic E-state index is 12.3. The molecule has 0 spiro atoms. The van der Waals surface area contributed by atoms with Crippen molar-refractivity contribution in [3.05, 3.63) is 51.3 Å². The molecule has 0 radical (unpaired) electrons. The minimum Gasteiger partial charge on any atom is -0.304 e. The molecule has 118 valence electrons. The monoisotopic (exact) mass is 383 g/mol. The number of Topliss-reactive ketones (excluding diaryl/α,β-unsaturated/α-hetero) is 1. The fourth-order valence-corrected chi connectivity index (χ4v) is 3.79. The van der Waals surface area contributed by atoms with Crippen molar-refractivity contribution in [1.29, 1.82) is 0 Å². The summed E-state index contributed by atoms with van der Waals surface area (Å²) in [7, 11) is 1.89. The van der Waals surface area contributed by atoms with Crippen LogP contribution in [0.4, 0.5) is 0 Å². The lowest BCUT2D eigenvalue weighted by atomic mass is 10.1. The number of nitrogens with zero attached hydrogens (tertiary/aromatic N) is 3. The third-order valence-corrected chi connectivity index (χ3v) is 5.78. The highest BCUT2D eigenvalue weighted by molar-refractivity contribution is 7.99. The molecular formula is C15H11Cl2N3OS2. The zero-order valence-electron chi connectivity index (χ0n) is 12.0. The van der Waals surface area contributed by atoms with Crippen molar-refractivity contribution in [3.8, 4) is 10.7 Å². The smallest absolute Gasteiger partial charge is 0.191 e. The second-order valence-corrected chi connectivity index (χ2v) is 7.39. The first kappa shape index (κ1) is 16.5. The molecule has 2 aromatic heterocycles. The van der Waals surface area contributed by atoms with Crippen molar-refractivity contribution < 1.29 is 4.79 Å². The zero-order valence-corrected chi connectivity index (χ0v) is 15.1. The lowest BCUT2D eigenvalue weighted by Gasteiger charge is -2.04. The van der Waals surface area contributed by atoms with Gasteiger partial charge in [-0.3, -0.25) is 4.79 Å². The number of carbonyl (C=O) groups excluding carboxylic acids is 1. The quantitative estimate of drug-likeness (QED) is 0.467. The van der Waals surface area contributed by atoms with Crippen LogP contribution in [-0.2, 0) is 7.05 Å². The van der Waals surface area contributed by atoms with E-state index in [0.29, 0.717) is 20.8 Å². The number of ketones is 1. The Morgan fingerprint density at radius 3 is 2.78 bits per heavy atom. The number of benzene rings is 1. The highest BCUT2D eigenvalue weighted by atomic mass is 35.5. The van der Waals surface area contributed by atoms with E-state index in [2.05, 4.69) is 10.2 Å². The molecule has 1 aromatic carbocycles. The van der Waals surface area contributed by atoms with Crippen LogP contribution in [0.3, 0.4) is 0 Å². The molecule has 0 bridgehead atoms. The summed E-state index contributed by atoms with van der Waals surface area (Å²) in [6.45, 7) is 0. The SMILES string of the molecule is Cn1c(SCC(=O)c2ccc(Cl)c(Cl)c2)nnc1-c1cccs1. The van der Waals surface area contributed by atoms with Crippen LogP contribution in [0, 0.1) is 0 Å². The van der Waals surface area contributed by atoms with Crippen LogP contribution in [-0.4, -0.2) is 26.3 Å². The first-order valence-electron chi connectivity index (χ1n) is 6.60. The van der Waals surface area contributed by atoms with Crippen molar-refractivity contribution >= 4 is 52.1 Å². The molecule has 3 aromatic rings. The maximum Gasteiger partial charge on any atom is 0.191 e. The van der Waals surface area contributed by atoms with E-state index in [1.54, 1.807) is 29.5 Å². The molecule has 0 fully saturated rings. The molecule has 2 heterocycles. The van der Waals surface area contributed by atoms with Gasteiger partial charge in [0.05, 0.1) is 20.7 Å². The largest absolute Gasteiger partial charge is 0.304 e. The standard InChI is InChI=1S/C15H11Cl2N3OS2/c1-20-14(13-3-2-6-22-13)18-19-15(20)23-8-12(21)9-4-5-10(16)11(17)7-9/h2-7H,8H2,1H3. The number of carbonyl (C=O) groups is 1. The minimum atomic E-state index is -0.0331. The van der Waals surface area contributed by atoms with Gasteiger partial charge >= 0.3 is 0 Å². The molecular weight excluding hydrogens is 373 g/mol. The number of rotatable bonds is 5. The van der Waals surface area contributed by atoms with E-state index in [1.165, 1.54) is 11.8 Å². The van der Waals surface area contributed by atoms with Gasteiger partial charge in [-0.15, -0.1) is 21.5 Å². The fraction of sp³-hybridized carbons (Fsp3) is 0.133. The molecule has 0 saturated carbocycles. The fourth-order valence-electron chi connectivity index (χ4n) is 1.94. The Morgan fingerprint density at radius 2 is 2.09 bits per heavy atom. The molecule has 4 nitrogen and oxygen atoms in total. The van der Waals surface area contributed by atoms with E-state index in [-0.39, 0.29) is 11.5 Å². The summed E-state index contributed by atoms with van der Waals surface area (Å²) >= 11 is 14.8. The van der Waals surface area contributed by atoms with Crippen LogP contribution in [0.1, 0.15) is 10.4 Å². The predicted molar refractivity (Wildman–Crippen MR) is 95.8 cm³/mol. The van der Waals surface area contributed by atoms with Gasteiger partial charge in [0, 0.05) is 12.6 Å². The molecule has 0 N–H and O–H groups in total. The zero-order chi connectivity index (χ0) is 16.4. The number of hydrogen-bond donors (Lipinski definition) is 0. The number of thiophene rings is 1. The molecule has 23 heavy (non-hydrogen) atoms. The van der Waals surface area contributed by atoms with Gasteiger partial charge in [0.15, 0.2) is 16.8 Å². The second-order valence-electron chi connectivity index (χ2n) is 4.68. The van der Waals surface area contributed by atoms with E-state index in [1.807, 2.05) is 29.1 Å². The number of halogens is 2. The minimum absolute atomic E-state index is 0.0331. The van der Waals surface area contributed by atoms with Crippen LogP contribution >= 0.6 is 46.3 Å². The van der Waals surface area contributed by atoms with Crippen LogP contribution in [0.2, 0.25) is 10.0 Å². The Hall–Kier alpha value is -1.34. The number of hydrogen-bond acceptors (Lipinski definition) is 5. The first-order valence-corrected chi connectivity index (χ1v) is 9.22. The Morgan fingerprint density at radius 1 is 1.26 bits per heavy atom. The summed E-state index contributed by atoms with van der Waals surface area (Å²) in [5.74, 6) is 1.02. The Kier molecular flexibility index (Phi) is 5.06. The number of thioether (sulfide) groups is 1. The molecule has 8 heteroatoms.